The number of nitrogens with one attached hydrogen (secondary N) is 1. The molecule has 0 bridgehead atoms. The summed E-state index contributed by atoms with van der Waals surface area (Å²) in [5, 5.41) is 10.4. The van der Waals surface area contributed by atoms with Crippen LogP contribution >= 0.6 is 0 Å². The standard InChI is InChI=1S/C24H24FN3O6S/c1-13(33-24-27-11-16(34-24)8-9-26)17-4-3-5-18-20(22(23(29)30)28-21(17)18)14-6-7-15(19(25)10-14)12-35(2,31)32/h3-7,10-11,13,28H,8-9,12,26H2,1-2H3,(H,29,30). The van der Waals surface area contributed by atoms with Gasteiger partial charge in [0, 0.05) is 34.8 Å². The number of halogens is 1. The number of benzene rings is 2. The Kier molecular flexibility index (Phi) is 6.64. The monoisotopic (exact) mass is 501 g/mol. The number of hydrogen-bond donors (Lipinski definition) is 3. The Balaban J connectivity index is 1.77. The number of carboxylic acid groups (broad SMARTS) is 1. The van der Waals surface area contributed by atoms with E-state index in [1.807, 2.05) is 0 Å². The number of aromatic nitrogens is 2. The molecule has 0 spiro atoms. The third-order valence-corrected chi connectivity index (χ3v) is 6.31. The maximum absolute atomic E-state index is 14.7. The largest absolute Gasteiger partial charge is 0.477 e. The number of nitrogens with zero attached hydrogens (tertiary/aromatic N) is 1. The van der Waals surface area contributed by atoms with Gasteiger partial charge < -0.3 is 25.0 Å². The van der Waals surface area contributed by atoms with E-state index in [1.165, 1.54) is 18.3 Å². The van der Waals surface area contributed by atoms with E-state index in [0.29, 0.717) is 40.8 Å². The lowest BCUT2D eigenvalue weighted by Gasteiger charge is -2.13. The van der Waals surface area contributed by atoms with E-state index in [9.17, 15) is 22.7 Å². The number of para-hydroxylation sites is 1. The molecule has 0 saturated heterocycles. The van der Waals surface area contributed by atoms with Crippen LogP contribution in [0.15, 0.2) is 47.0 Å². The summed E-state index contributed by atoms with van der Waals surface area (Å²) < 4.78 is 49.2. The first-order chi connectivity index (χ1) is 16.6. The summed E-state index contributed by atoms with van der Waals surface area (Å²) in [4.78, 5) is 19.1. The van der Waals surface area contributed by atoms with Gasteiger partial charge >= 0.3 is 12.0 Å². The third-order valence-electron chi connectivity index (χ3n) is 5.48. The molecule has 4 N–H and O–H groups in total. The molecule has 0 aliphatic heterocycles. The van der Waals surface area contributed by atoms with Crippen LogP contribution in [0.4, 0.5) is 4.39 Å². The van der Waals surface area contributed by atoms with Crippen molar-refractivity contribution >= 4 is 26.7 Å². The highest BCUT2D eigenvalue weighted by molar-refractivity contribution is 7.89. The molecule has 11 heteroatoms. The highest BCUT2D eigenvalue weighted by Gasteiger charge is 2.24. The minimum atomic E-state index is -3.44. The molecule has 2 aromatic carbocycles. The van der Waals surface area contributed by atoms with Crippen molar-refractivity contribution in [1.29, 1.82) is 0 Å². The van der Waals surface area contributed by atoms with Crippen LogP contribution < -0.4 is 10.5 Å². The van der Waals surface area contributed by atoms with E-state index < -0.39 is 33.5 Å². The zero-order valence-electron chi connectivity index (χ0n) is 19.0. The molecule has 0 aliphatic carbocycles. The summed E-state index contributed by atoms with van der Waals surface area (Å²) in [7, 11) is -3.44. The Hall–Kier alpha value is -3.70. The van der Waals surface area contributed by atoms with Crippen molar-refractivity contribution in [2.75, 3.05) is 12.8 Å². The second-order valence-corrected chi connectivity index (χ2v) is 10.4. The highest BCUT2D eigenvalue weighted by Crippen LogP contribution is 2.37. The van der Waals surface area contributed by atoms with Gasteiger partial charge in [0.2, 0.25) is 0 Å². The topological polar surface area (TPSA) is 149 Å². The molecule has 0 radical (unpaired) electrons. The van der Waals surface area contributed by atoms with Gasteiger partial charge in [-0.15, -0.1) is 0 Å². The van der Waals surface area contributed by atoms with Crippen LogP contribution in [0, 0.1) is 5.82 Å². The Morgan fingerprint density at radius 1 is 1.31 bits per heavy atom. The number of sulfone groups is 1. The number of ether oxygens (including phenoxy) is 1. The van der Waals surface area contributed by atoms with Gasteiger partial charge in [-0.05, 0) is 25.1 Å². The average molecular weight is 502 g/mol. The Morgan fingerprint density at radius 2 is 2.09 bits per heavy atom. The molecular weight excluding hydrogens is 477 g/mol. The molecule has 4 aromatic rings. The fourth-order valence-electron chi connectivity index (χ4n) is 3.96. The summed E-state index contributed by atoms with van der Waals surface area (Å²) in [6, 6.07) is 9.25. The molecule has 184 valence electrons. The summed E-state index contributed by atoms with van der Waals surface area (Å²) >= 11 is 0. The maximum atomic E-state index is 14.7. The lowest BCUT2D eigenvalue weighted by Crippen LogP contribution is -2.04. The summed E-state index contributed by atoms with van der Waals surface area (Å²) in [6.07, 6.45) is 2.57. The van der Waals surface area contributed by atoms with Gasteiger partial charge in [-0.2, -0.15) is 4.98 Å². The molecule has 1 unspecified atom stereocenters. The molecule has 2 aromatic heterocycles. The molecule has 0 saturated carbocycles. The van der Waals surface area contributed by atoms with Crippen LogP contribution in [0.2, 0.25) is 0 Å². The van der Waals surface area contributed by atoms with Crippen molar-refractivity contribution in [3.63, 3.8) is 0 Å². The smallest absolute Gasteiger partial charge is 0.394 e. The lowest BCUT2D eigenvalue weighted by molar-refractivity contribution is 0.0692. The van der Waals surface area contributed by atoms with Gasteiger partial charge in [0.1, 0.15) is 23.4 Å². The van der Waals surface area contributed by atoms with Crippen LogP contribution in [-0.2, 0) is 22.0 Å². The first-order valence-electron chi connectivity index (χ1n) is 10.7. The van der Waals surface area contributed by atoms with E-state index in [4.69, 9.17) is 14.9 Å². The first-order valence-corrected chi connectivity index (χ1v) is 12.8. The van der Waals surface area contributed by atoms with E-state index in [-0.39, 0.29) is 22.9 Å². The van der Waals surface area contributed by atoms with Crippen molar-refractivity contribution in [3.8, 4) is 17.2 Å². The van der Waals surface area contributed by atoms with Crippen LogP contribution in [0.25, 0.3) is 22.0 Å². The normalized spacial score (nSPS) is 12.7. The van der Waals surface area contributed by atoms with Gasteiger partial charge in [-0.1, -0.05) is 30.3 Å². The number of fused-ring (bicyclic) bond motifs is 1. The van der Waals surface area contributed by atoms with Gasteiger partial charge in [0.25, 0.3) is 0 Å². The number of carboxylic acids is 1. The summed E-state index contributed by atoms with van der Waals surface area (Å²) in [5.41, 5.74) is 7.14. The quantitative estimate of drug-likeness (QED) is 0.313. The first kappa shape index (κ1) is 24.4. The number of rotatable bonds is 9. The van der Waals surface area contributed by atoms with Crippen LogP contribution in [0.3, 0.4) is 0 Å². The molecule has 2 heterocycles. The molecule has 4 rings (SSSR count). The number of oxazole rings is 1. The van der Waals surface area contributed by atoms with Gasteiger partial charge in [0.15, 0.2) is 9.84 Å². The second kappa shape index (κ2) is 9.51. The number of aromatic carboxylic acids is 1. The van der Waals surface area contributed by atoms with Crippen molar-refractivity contribution in [3.05, 3.63) is 71.0 Å². The summed E-state index contributed by atoms with van der Waals surface area (Å²) in [6.45, 7) is 2.17. The van der Waals surface area contributed by atoms with Crippen LogP contribution in [0.5, 0.6) is 6.08 Å². The maximum Gasteiger partial charge on any atom is 0.394 e. The minimum absolute atomic E-state index is 0.00984. The average Bonchev–Trinajstić information content (AvgIpc) is 3.38. The SMILES string of the molecule is CC(Oc1ncc(CCN)o1)c1cccc2c(-c3ccc(CS(C)(=O)=O)c(F)c3)c(C(=O)O)[nH]c12. The number of aromatic amines is 1. The summed E-state index contributed by atoms with van der Waals surface area (Å²) in [5.74, 6) is -1.82. The lowest BCUT2D eigenvalue weighted by atomic mass is 9.98. The minimum Gasteiger partial charge on any atom is -0.477 e. The Labute approximate surface area is 200 Å². The van der Waals surface area contributed by atoms with E-state index in [0.717, 1.165) is 12.3 Å². The molecular formula is C24H24FN3O6S. The molecule has 0 amide bonds. The molecule has 0 fully saturated rings. The Morgan fingerprint density at radius 3 is 2.74 bits per heavy atom. The number of H-pyrrole nitrogens is 1. The van der Waals surface area contributed by atoms with E-state index >= 15 is 0 Å². The zero-order chi connectivity index (χ0) is 25.3. The molecule has 35 heavy (non-hydrogen) atoms. The predicted octanol–water partition coefficient (Wildman–Crippen LogP) is 3.85. The third kappa shape index (κ3) is 5.20. The zero-order valence-corrected chi connectivity index (χ0v) is 19.9. The number of carbonyl (C=O) groups is 1. The highest BCUT2D eigenvalue weighted by atomic mass is 32.2. The fraction of sp³-hybridized carbons (Fsp3) is 0.250. The molecule has 9 nitrogen and oxygen atoms in total. The molecule has 1 atom stereocenters. The van der Waals surface area contributed by atoms with Gasteiger partial charge in [-0.3, -0.25) is 0 Å². The second-order valence-electron chi connectivity index (χ2n) is 8.22. The number of nitrogens with two attached hydrogens (primary N) is 1. The van der Waals surface area contributed by atoms with Crippen LogP contribution in [0.1, 0.15) is 40.4 Å². The van der Waals surface area contributed by atoms with Crippen molar-refractivity contribution in [1.82, 2.24) is 9.97 Å². The van der Waals surface area contributed by atoms with Crippen molar-refractivity contribution in [2.45, 2.75) is 25.2 Å². The fourth-order valence-corrected chi connectivity index (χ4v) is 4.76. The van der Waals surface area contributed by atoms with E-state index in [2.05, 4.69) is 9.97 Å². The van der Waals surface area contributed by atoms with E-state index in [1.54, 1.807) is 25.1 Å². The van der Waals surface area contributed by atoms with Crippen molar-refractivity contribution < 1.29 is 31.9 Å². The van der Waals surface area contributed by atoms with Crippen molar-refractivity contribution in [2.24, 2.45) is 5.73 Å². The van der Waals surface area contributed by atoms with Crippen LogP contribution in [-0.4, -0.2) is 42.3 Å². The Bertz CT molecular complexity index is 1510. The number of hydrogen-bond acceptors (Lipinski definition) is 7. The van der Waals surface area contributed by atoms with Gasteiger partial charge in [-0.25, -0.2) is 17.6 Å². The predicted molar refractivity (Wildman–Crippen MR) is 128 cm³/mol. The molecule has 0 aliphatic rings. The van der Waals surface area contributed by atoms with Gasteiger partial charge in [0.05, 0.1) is 17.5 Å².